The summed E-state index contributed by atoms with van der Waals surface area (Å²) in [4.78, 5) is 0. The number of aliphatic hydroxyl groups excluding tert-OH is 2. The van der Waals surface area contributed by atoms with Gasteiger partial charge in [0.15, 0.2) is 5.79 Å². The maximum Gasteiger partial charge on any atom is 0.169 e. The third kappa shape index (κ3) is 4.11. The normalized spacial score (nSPS) is 28.1. The molecule has 2 aliphatic rings. The Hall–Kier alpha value is -0.980. The summed E-state index contributed by atoms with van der Waals surface area (Å²) in [6.07, 6.45) is 3.15. The average molecular weight is 322 g/mol. The van der Waals surface area contributed by atoms with Gasteiger partial charge in [0.1, 0.15) is 18.3 Å². The van der Waals surface area contributed by atoms with E-state index in [0.717, 1.165) is 31.2 Å². The fourth-order valence-corrected chi connectivity index (χ4v) is 3.45. The molecule has 1 aromatic carbocycles. The second-order valence-corrected chi connectivity index (χ2v) is 6.46. The van der Waals surface area contributed by atoms with Crippen molar-refractivity contribution >= 4 is 0 Å². The molecule has 23 heavy (non-hydrogen) atoms. The zero-order valence-electron chi connectivity index (χ0n) is 13.4. The second kappa shape index (κ2) is 7.73. The van der Waals surface area contributed by atoms with Crippen molar-refractivity contribution in [3.63, 3.8) is 0 Å². The first-order chi connectivity index (χ1) is 11.2. The summed E-state index contributed by atoms with van der Waals surface area (Å²) >= 11 is 0. The molecule has 1 aliphatic heterocycles. The Bertz CT molecular complexity index is 472. The van der Waals surface area contributed by atoms with Gasteiger partial charge in [0, 0.05) is 12.8 Å². The third-order valence-corrected chi connectivity index (χ3v) is 4.66. The average Bonchev–Trinajstić information content (AvgIpc) is 2.95. The molecule has 0 radical (unpaired) electrons. The first kappa shape index (κ1) is 16.9. The van der Waals surface area contributed by atoms with Gasteiger partial charge in [0.25, 0.3) is 0 Å². The lowest BCUT2D eigenvalue weighted by molar-refractivity contribution is -0.203. The zero-order chi connectivity index (χ0) is 16.1. The van der Waals surface area contributed by atoms with Crippen LogP contribution in [0.4, 0.5) is 0 Å². The molecular formula is C18H26O5. The Labute approximate surface area is 137 Å². The van der Waals surface area contributed by atoms with Gasteiger partial charge in [0.2, 0.25) is 0 Å². The standard InChI is InChI=1S/C18H26O5/c19-11-16-17(23-18(22-16)9-5-2-6-10-18)15(20)13-21-12-14-7-3-1-4-8-14/h1,3-4,7-8,15-17,19-20H,2,5-6,9-13H2/t15-,16-,17+/m0/s1. The van der Waals surface area contributed by atoms with E-state index in [1.807, 2.05) is 30.3 Å². The molecule has 3 rings (SSSR count). The Morgan fingerprint density at radius 2 is 1.87 bits per heavy atom. The molecule has 3 atom stereocenters. The molecule has 1 saturated carbocycles. The van der Waals surface area contributed by atoms with Crippen LogP contribution in [0.1, 0.15) is 37.7 Å². The molecule has 1 saturated heterocycles. The van der Waals surface area contributed by atoms with Gasteiger partial charge in [0.05, 0.1) is 19.8 Å². The van der Waals surface area contributed by atoms with Crippen molar-refractivity contribution in [1.29, 1.82) is 0 Å². The van der Waals surface area contributed by atoms with Gasteiger partial charge in [-0.3, -0.25) is 0 Å². The van der Waals surface area contributed by atoms with Crippen molar-refractivity contribution in [3.8, 4) is 0 Å². The maximum atomic E-state index is 10.4. The quantitative estimate of drug-likeness (QED) is 0.838. The number of benzene rings is 1. The molecule has 0 unspecified atom stereocenters. The molecule has 2 N–H and O–H groups in total. The molecule has 5 heteroatoms. The van der Waals surface area contributed by atoms with Crippen LogP contribution in [0.5, 0.6) is 0 Å². The zero-order valence-corrected chi connectivity index (χ0v) is 13.4. The highest BCUT2D eigenvalue weighted by molar-refractivity contribution is 5.13. The van der Waals surface area contributed by atoms with Gasteiger partial charge < -0.3 is 24.4 Å². The first-order valence-electron chi connectivity index (χ1n) is 8.49. The molecule has 1 aromatic rings. The molecule has 0 amide bonds. The van der Waals surface area contributed by atoms with Crippen molar-refractivity contribution in [2.24, 2.45) is 0 Å². The van der Waals surface area contributed by atoms with Crippen LogP contribution in [-0.4, -0.2) is 47.5 Å². The molecule has 0 aromatic heterocycles. The number of aliphatic hydroxyl groups is 2. The Morgan fingerprint density at radius 1 is 1.13 bits per heavy atom. The molecule has 2 fully saturated rings. The Balaban J connectivity index is 1.52. The highest BCUT2D eigenvalue weighted by atomic mass is 16.8. The largest absolute Gasteiger partial charge is 0.394 e. The van der Waals surface area contributed by atoms with Gasteiger partial charge >= 0.3 is 0 Å². The molecule has 0 bridgehead atoms. The molecule has 128 valence electrons. The van der Waals surface area contributed by atoms with Gasteiger partial charge in [-0.2, -0.15) is 0 Å². The second-order valence-electron chi connectivity index (χ2n) is 6.46. The highest BCUT2D eigenvalue weighted by Crippen LogP contribution is 2.41. The lowest BCUT2D eigenvalue weighted by Crippen LogP contribution is -2.40. The number of rotatable bonds is 6. The molecular weight excluding hydrogens is 296 g/mol. The lowest BCUT2D eigenvalue weighted by Gasteiger charge is -2.32. The van der Waals surface area contributed by atoms with Crippen LogP contribution in [0, 0.1) is 0 Å². The van der Waals surface area contributed by atoms with Crippen LogP contribution in [-0.2, 0) is 20.8 Å². The summed E-state index contributed by atoms with van der Waals surface area (Å²) in [7, 11) is 0. The third-order valence-electron chi connectivity index (χ3n) is 4.66. The maximum absolute atomic E-state index is 10.4. The smallest absolute Gasteiger partial charge is 0.169 e. The highest BCUT2D eigenvalue weighted by Gasteiger charge is 2.50. The van der Waals surface area contributed by atoms with E-state index in [4.69, 9.17) is 14.2 Å². The topological polar surface area (TPSA) is 68.2 Å². The van der Waals surface area contributed by atoms with Crippen molar-refractivity contribution in [1.82, 2.24) is 0 Å². The lowest BCUT2D eigenvalue weighted by atomic mass is 9.94. The minimum Gasteiger partial charge on any atom is -0.394 e. The van der Waals surface area contributed by atoms with Crippen LogP contribution >= 0.6 is 0 Å². The van der Waals surface area contributed by atoms with Crippen LogP contribution in [0.2, 0.25) is 0 Å². The van der Waals surface area contributed by atoms with Crippen molar-refractivity contribution < 1.29 is 24.4 Å². The fourth-order valence-electron chi connectivity index (χ4n) is 3.45. The van der Waals surface area contributed by atoms with Gasteiger partial charge in [-0.15, -0.1) is 0 Å². The number of hydrogen-bond acceptors (Lipinski definition) is 5. The van der Waals surface area contributed by atoms with E-state index in [9.17, 15) is 10.2 Å². The van der Waals surface area contributed by atoms with E-state index in [1.165, 1.54) is 6.42 Å². The van der Waals surface area contributed by atoms with E-state index in [0.29, 0.717) is 6.61 Å². The molecule has 1 spiro atoms. The van der Waals surface area contributed by atoms with Crippen molar-refractivity contribution in [3.05, 3.63) is 35.9 Å². The van der Waals surface area contributed by atoms with Gasteiger partial charge in [-0.1, -0.05) is 36.8 Å². The number of ether oxygens (including phenoxy) is 3. The van der Waals surface area contributed by atoms with E-state index >= 15 is 0 Å². The minimum absolute atomic E-state index is 0.151. The van der Waals surface area contributed by atoms with E-state index < -0.39 is 24.1 Å². The molecule has 1 aliphatic carbocycles. The predicted octanol–water partition coefficient (Wildman–Crippen LogP) is 2.00. The van der Waals surface area contributed by atoms with Crippen LogP contribution in [0.15, 0.2) is 30.3 Å². The Morgan fingerprint density at radius 3 is 2.57 bits per heavy atom. The first-order valence-corrected chi connectivity index (χ1v) is 8.49. The molecule has 5 nitrogen and oxygen atoms in total. The van der Waals surface area contributed by atoms with E-state index in [-0.39, 0.29) is 13.2 Å². The summed E-state index contributed by atoms with van der Waals surface area (Å²) in [5.74, 6) is -0.614. The van der Waals surface area contributed by atoms with Gasteiger partial charge in [-0.25, -0.2) is 0 Å². The van der Waals surface area contributed by atoms with Gasteiger partial charge in [-0.05, 0) is 18.4 Å². The Kier molecular flexibility index (Phi) is 5.67. The van der Waals surface area contributed by atoms with Crippen LogP contribution in [0.25, 0.3) is 0 Å². The monoisotopic (exact) mass is 322 g/mol. The van der Waals surface area contributed by atoms with E-state index in [2.05, 4.69) is 0 Å². The summed E-state index contributed by atoms with van der Waals surface area (Å²) in [6, 6.07) is 9.83. The predicted molar refractivity (Wildman–Crippen MR) is 84.8 cm³/mol. The molecule has 1 heterocycles. The summed E-state index contributed by atoms with van der Waals surface area (Å²) < 4.78 is 17.6. The summed E-state index contributed by atoms with van der Waals surface area (Å²) in [5.41, 5.74) is 1.06. The van der Waals surface area contributed by atoms with Crippen LogP contribution < -0.4 is 0 Å². The summed E-state index contributed by atoms with van der Waals surface area (Å²) in [5, 5.41) is 19.9. The minimum atomic E-state index is -0.808. The number of hydrogen-bond donors (Lipinski definition) is 2. The van der Waals surface area contributed by atoms with Crippen LogP contribution in [0.3, 0.4) is 0 Å². The van der Waals surface area contributed by atoms with E-state index in [1.54, 1.807) is 0 Å². The summed E-state index contributed by atoms with van der Waals surface area (Å²) in [6.45, 7) is 0.456. The van der Waals surface area contributed by atoms with Crippen molar-refractivity contribution in [2.75, 3.05) is 13.2 Å². The van der Waals surface area contributed by atoms with Crippen molar-refractivity contribution in [2.45, 2.75) is 62.8 Å². The fraction of sp³-hybridized carbons (Fsp3) is 0.667. The SMILES string of the molecule is OC[C@@H]1OC2(CCCCC2)O[C@@H]1[C@@H](O)COCc1ccccc1.